The number of anilines is 1. The summed E-state index contributed by atoms with van der Waals surface area (Å²) >= 11 is 7.09. The van der Waals surface area contributed by atoms with Crippen LogP contribution in [0.1, 0.15) is 17.0 Å². The Labute approximate surface area is 184 Å². The highest BCUT2D eigenvalue weighted by atomic mass is 35.5. The molecule has 7 nitrogen and oxygen atoms in total. The number of carbonyl (C=O) groups is 1. The molecule has 0 bridgehead atoms. The molecule has 156 valence electrons. The second-order valence-corrected chi connectivity index (χ2v) is 7.91. The number of nitrogens with zero attached hydrogens (tertiary/aromatic N) is 4. The van der Waals surface area contributed by atoms with Crippen molar-refractivity contribution in [2.45, 2.75) is 32.2 Å². The van der Waals surface area contributed by atoms with Gasteiger partial charge in [0.15, 0.2) is 11.0 Å². The van der Waals surface area contributed by atoms with Gasteiger partial charge in [0.2, 0.25) is 5.91 Å². The molecule has 0 saturated carbocycles. The van der Waals surface area contributed by atoms with Crippen LogP contribution in [0.4, 0.5) is 5.82 Å². The molecule has 2 heterocycles. The van der Waals surface area contributed by atoms with Gasteiger partial charge in [-0.1, -0.05) is 35.5 Å². The normalized spacial score (nSPS) is 10.6. The maximum Gasteiger partial charge on any atom is 0.236 e. The molecule has 0 spiro atoms. The number of halogens is 1. The number of aryl methyl sites for hydroxylation is 2. The van der Waals surface area contributed by atoms with Crippen LogP contribution in [0.2, 0.25) is 5.02 Å². The van der Waals surface area contributed by atoms with Gasteiger partial charge in [-0.2, -0.15) is 0 Å². The average Bonchev–Trinajstić information content (AvgIpc) is 3.11. The topological polar surface area (TPSA) is 81.9 Å². The summed E-state index contributed by atoms with van der Waals surface area (Å²) in [4.78, 5) is 16.3. The van der Waals surface area contributed by atoms with E-state index in [2.05, 4.69) is 34.0 Å². The van der Waals surface area contributed by atoms with Gasteiger partial charge in [0.1, 0.15) is 18.2 Å². The summed E-state index contributed by atoms with van der Waals surface area (Å²) in [7, 11) is 0. The van der Waals surface area contributed by atoms with Crippen LogP contribution in [-0.2, 0) is 17.9 Å². The second-order valence-electron chi connectivity index (χ2n) is 6.53. The molecule has 9 heteroatoms. The van der Waals surface area contributed by atoms with Crippen molar-refractivity contribution < 1.29 is 9.53 Å². The standard InChI is InChI=1S/C21H22ClN5O2S/c1-4-9-27-19(12-29-17-7-5-14(2)15(3)10-17)25-26-21(27)30-13-20(28)24-18-8-6-16(22)11-23-18/h4-8,10-11H,1,9,12-13H2,2-3H3,(H,23,24,28). The van der Waals surface area contributed by atoms with Crippen molar-refractivity contribution >= 4 is 35.1 Å². The van der Waals surface area contributed by atoms with Crippen LogP contribution in [-0.4, -0.2) is 31.4 Å². The number of amides is 1. The largest absolute Gasteiger partial charge is 0.486 e. The van der Waals surface area contributed by atoms with E-state index in [1.54, 1.807) is 18.2 Å². The molecule has 0 aliphatic rings. The monoisotopic (exact) mass is 443 g/mol. The summed E-state index contributed by atoms with van der Waals surface area (Å²) in [5.41, 5.74) is 2.38. The third-order valence-electron chi connectivity index (χ3n) is 4.28. The summed E-state index contributed by atoms with van der Waals surface area (Å²) in [5, 5.41) is 12.3. The van der Waals surface area contributed by atoms with Crippen molar-refractivity contribution in [2.24, 2.45) is 0 Å². The number of nitrogens with one attached hydrogen (secondary N) is 1. The number of hydrogen-bond acceptors (Lipinski definition) is 6. The van der Waals surface area contributed by atoms with E-state index in [-0.39, 0.29) is 18.3 Å². The van der Waals surface area contributed by atoms with Crippen LogP contribution in [0.25, 0.3) is 0 Å². The molecule has 0 aliphatic carbocycles. The van der Waals surface area contributed by atoms with Crippen molar-refractivity contribution in [3.05, 3.63) is 71.2 Å². The Morgan fingerprint density at radius 1 is 1.27 bits per heavy atom. The van der Waals surface area contributed by atoms with Crippen molar-refractivity contribution in [1.29, 1.82) is 0 Å². The maximum atomic E-state index is 12.2. The van der Waals surface area contributed by atoms with Crippen LogP contribution in [0.15, 0.2) is 54.3 Å². The summed E-state index contributed by atoms with van der Waals surface area (Å²) < 4.78 is 7.76. The Bertz CT molecular complexity index is 1040. The fourth-order valence-electron chi connectivity index (χ4n) is 2.56. The predicted octanol–water partition coefficient (Wildman–Crippen LogP) is 4.44. The minimum atomic E-state index is -0.198. The molecular weight excluding hydrogens is 422 g/mol. The molecular formula is C21H22ClN5O2S. The fraction of sp³-hybridized carbons (Fsp3) is 0.238. The Morgan fingerprint density at radius 3 is 2.80 bits per heavy atom. The Hall–Kier alpha value is -2.84. The lowest BCUT2D eigenvalue weighted by Gasteiger charge is -2.10. The molecule has 0 atom stereocenters. The van der Waals surface area contributed by atoms with Gasteiger partial charge in [-0.3, -0.25) is 9.36 Å². The van der Waals surface area contributed by atoms with Gasteiger partial charge in [-0.25, -0.2) is 4.98 Å². The van der Waals surface area contributed by atoms with Gasteiger partial charge in [-0.15, -0.1) is 16.8 Å². The van der Waals surface area contributed by atoms with Gasteiger partial charge < -0.3 is 10.1 Å². The quantitative estimate of drug-likeness (QED) is 0.389. The highest BCUT2D eigenvalue weighted by Gasteiger charge is 2.14. The zero-order valence-corrected chi connectivity index (χ0v) is 18.3. The third-order valence-corrected chi connectivity index (χ3v) is 5.47. The SMILES string of the molecule is C=CCn1c(COc2ccc(C)c(C)c2)nnc1SCC(=O)Nc1ccc(Cl)cn1. The minimum absolute atomic E-state index is 0.164. The Kier molecular flexibility index (Phi) is 7.48. The van der Waals surface area contributed by atoms with E-state index in [1.807, 2.05) is 29.7 Å². The van der Waals surface area contributed by atoms with E-state index in [0.717, 1.165) is 11.3 Å². The van der Waals surface area contributed by atoms with E-state index in [9.17, 15) is 4.79 Å². The van der Waals surface area contributed by atoms with Gasteiger partial charge in [0.25, 0.3) is 0 Å². The first-order valence-corrected chi connectivity index (χ1v) is 10.6. The molecule has 0 unspecified atom stereocenters. The first kappa shape index (κ1) is 21.9. The van der Waals surface area contributed by atoms with Gasteiger partial charge in [0.05, 0.1) is 10.8 Å². The lowest BCUT2D eigenvalue weighted by Crippen LogP contribution is -2.15. The number of rotatable bonds is 9. The lowest BCUT2D eigenvalue weighted by molar-refractivity contribution is -0.113. The zero-order chi connectivity index (χ0) is 21.5. The van der Waals surface area contributed by atoms with E-state index >= 15 is 0 Å². The summed E-state index contributed by atoms with van der Waals surface area (Å²) in [6, 6.07) is 9.26. The van der Waals surface area contributed by atoms with Crippen molar-refractivity contribution in [3.63, 3.8) is 0 Å². The maximum absolute atomic E-state index is 12.2. The van der Waals surface area contributed by atoms with Crippen LogP contribution < -0.4 is 10.1 Å². The Morgan fingerprint density at radius 2 is 2.10 bits per heavy atom. The smallest absolute Gasteiger partial charge is 0.236 e. The predicted molar refractivity (Wildman–Crippen MR) is 119 cm³/mol. The summed E-state index contributed by atoms with van der Waals surface area (Å²) in [5.74, 6) is 1.85. The Balaban J connectivity index is 1.61. The molecule has 30 heavy (non-hydrogen) atoms. The lowest BCUT2D eigenvalue weighted by atomic mass is 10.1. The van der Waals surface area contributed by atoms with Gasteiger partial charge in [-0.05, 0) is 49.2 Å². The molecule has 0 radical (unpaired) electrons. The molecule has 0 fully saturated rings. The van der Waals surface area contributed by atoms with E-state index in [0.29, 0.717) is 28.4 Å². The number of ether oxygens (including phenoxy) is 1. The number of benzene rings is 1. The molecule has 0 aliphatic heterocycles. The summed E-state index contributed by atoms with van der Waals surface area (Å²) in [6.45, 7) is 8.68. The van der Waals surface area contributed by atoms with Crippen molar-refractivity contribution in [1.82, 2.24) is 19.7 Å². The number of pyridine rings is 1. The molecule has 1 aromatic carbocycles. The zero-order valence-electron chi connectivity index (χ0n) is 16.8. The third kappa shape index (κ3) is 5.84. The number of aromatic nitrogens is 4. The average molecular weight is 444 g/mol. The highest BCUT2D eigenvalue weighted by Crippen LogP contribution is 2.21. The van der Waals surface area contributed by atoms with Crippen molar-refractivity contribution in [3.8, 4) is 5.75 Å². The van der Waals surface area contributed by atoms with E-state index in [1.165, 1.54) is 23.5 Å². The molecule has 2 aromatic heterocycles. The molecule has 1 amide bonds. The summed E-state index contributed by atoms with van der Waals surface area (Å²) in [6.07, 6.45) is 3.23. The van der Waals surface area contributed by atoms with E-state index < -0.39 is 0 Å². The number of thioether (sulfide) groups is 1. The van der Waals surface area contributed by atoms with Gasteiger partial charge in [0, 0.05) is 12.7 Å². The van der Waals surface area contributed by atoms with Crippen LogP contribution in [0.5, 0.6) is 5.75 Å². The molecule has 3 aromatic rings. The first-order chi connectivity index (χ1) is 14.5. The first-order valence-electron chi connectivity index (χ1n) is 9.23. The molecule has 0 saturated heterocycles. The van der Waals surface area contributed by atoms with Crippen LogP contribution in [0.3, 0.4) is 0 Å². The number of carbonyl (C=O) groups excluding carboxylic acids is 1. The number of allylic oxidation sites excluding steroid dienone is 1. The second kappa shape index (κ2) is 10.3. The highest BCUT2D eigenvalue weighted by molar-refractivity contribution is 7.99. The van der Waals surface area contributed by atoms with Crippen molar-refractivity contribution in [2.75, 3.05) is 11.1 Å². The van der Waals surface area contributed by atoms with E-state index in [4.69, 9.17) is 16.3 Å². The molecule has 3 rings (SSSR count). The van der Waals surface area contributed by atoms with Crippen LogP contribution in [0, 0.1) is 13.8 Å². The minimum Gasteiger partial charge on any atom is -0.486 e. The number of hydrogen-bond donors (Lipinski definition) is 1. The van der Waals surface area contributed by atoms with Gasteiger partial charge >= 0.3 is 0 Å². The van der Waals surface area contributed by atoms with Crippen LogP contribution >= 0.6 is 23.4 Å². The molecule has 1 N–H and O–H groups in total. The fourth-order valence-corrected chi connectivity index (χ4v) is 3.43.